The van der Waals surface area contributed by atoms with Gasteiger partial charge in [-0.15, -0.1) is 0 Å². The number of benzene rings is 2. The predicted molar refractivity (Wildman–Crippen MR) is 119 cm³/mol. The number of carbonyl (C=O) groups excluding carboxylic acids is 1. The third kappa shape index (κ3) is 5.13. The second kappa shape index (κ2) is 10.1. The molecule has 0 saturated carbocycles. The van der Waals surface area contributed by atoms with Crippen LogP contribution in [0.5, 0.6) is 11.5 Å². The summed E-state index contributed by atoms with van der Waals surface area (Å²) in [7, 11) is -4.92. The zero-order valence-electron chi connectivity index (χ0n) is 18.6. The summed E-state index contributed by atoms with van der Waals surface area (Å²) in [5, 5.41) is 0. The van der Waals surface area contributed by atoms with Gasteiger partial charge in [0.1, 0.15) is 0 Å². The SMILES string of the molecule is CCOC(=O)c1cccc(S(=O)(=O)N2CCN(S(=O)(=O)c3ccc(OC)c(OC)c3)CC2)c1. The lowest BCUT2D eigenvalue weighted by Gasteiger charge is -2.33. The maximum atomic E-state index is 13.1. The summed E-state index contributed by atoms with van der Waals surface area (Å²) in [4.78, 5) is 11.9. The molecular weight excluding hydrogens is 472 g/mol. The van der Waals surface area contributed by atoms with Gasteiger partial charge in [0, 0.05) is 32.2 Å². The van der Waals surface area contributed by atoms with Crippen molar-refractivity contribution in [1.82, 2.24) is 8.61 Å². The van der Waals surface area contributed by atoms with E-state index in [1.807, 2.05) is 0 Å². The molecule has 0 N–H and O–H groups in total. The molecule has 0 bridgehead atoms. The average molecular weight is 499 g/mol. The van der Waals surface area contributed by atoms with Crippen LogP contribution < -0.4 is 9.47 Å². The zero-order valence-corrected chi connectivity index (χ0v) is 20.2. The molecule has 12 heteroatoms. The van der Waals surface area contributed by atoms with Gasteiger partial charge in [-0.2, -0.15) is 8.61 Å². The largest absolute Gasteiger partial charge is 0.493 e. The predicted octanol–water partition coefficient (Wildman–Crippen LogP) is 1.58. The second-order valence-electron chi connectivity index (χ2n) is 7.07. The van der Waals surface area contributed by atoms with E-state index in [0.717, 1.165) is 0 Å². The lowest BCUT2D eigenvalue weighted by atomic mass is 10.2. The van der Waals surface area contributed by atoms with E-state index in [2.05, 4.69) is 0 Å². The van der Waals surface area contributed by atoms with E-state index in [9.17, 15) is 21.6 Å². The zero-order chi connectivity index (χ0) is 24.2. The third-order valence-corrected chi connectivity index (χ3v) is 8.96. The van der Waals surface area contributed by atoms with Crippen LogP contribution in [0.1, 0.15) is 17.3 Å². The lowest BCUT2D eigenvalue weighted by molar-refractivity contribution is 0.0526. The summed E-state index contributed by atoms with van der Waals surface area (Å²) < 4.78 is 70.0. The molecule has 2 aromatic carbocycles. The van der Waals surface area contributed by atoms with Gasteiger partial charge < -0.3 is 14.2 Å². The van der Waals surface area contributed by atoms with Crippen molar-refractivity contribution in [2.24, 2.45) is 0 Å². The van der Waals surface area contributed by atoms with Crippen LogP contribution in [-0.2, 0) is 24.8 Å². The molecule has 0 radical (unpaired) electrons. The Hall–Kier alpha value is -2.67. The molecule has 0 aliphatic carbocycles. The number of esters is 1. The molecule has 0 aromatic heterocycles. The molecule has 1 fully saturated rings. The van der Waals surface area contributed by atoms with Gasteiger partial charge in [0.15, 0.2) is 11.5 Å². The van der Waals surface area contributed by atoms with Crippen LogP contribution in [0, 0.1) is 0 Å². The van der Waals surface area contributed by atoms with Gasteiger partial charge in [0.05, 0.1) is 36.2 Å². The number of sulfonamides is 2. The van der Waals surface area contributed by atoms with Crippen molar-refractivity contribution < 1.29 is 35.8 Å². The van der Waals surface area contributed by atoms with E-state index < -0.39 is 26.0 Å². The fourth-order valence-corrected chi connectivity index (χ4v) is 6.33. The first-order valence-electron chi connectivity index (χ1n) is 10.1. The number of ether oxygens (including phenoxy) is 3. The molecule has 1 aliphatic rings. The molecular formula is C21H26N2O8S2. The van der Waals surface area contributed by atoms with Crippen LogP contribution in [0.25, 0.3) is 0 Å². The Morgan fingerprint density at radius 2 is 1.36 bits per heavy atom. The molecule has 10 nitrogen and oxygen atoms in total. The highest BCUT2D eigenvalue weighted by atomic mass is 32.2. The minimum absolute atomic E-state index is 0.0204. The van der Waals surface area contributed by atoms with Crippen molar-refractivity contribution in [2.75, 3.05) is 47.0 Å². The molecule has 0 unspecified atom stereocenters. The van der Waals surface area contributed by atoms with Crippen molar-refractivity contribution in [2.45, 2.75) is 16.7 Å². The van der Waals surface area contributed by atoms with Crippen LogP contribution in [0.4, 0.5) is 0 Å². The summed E-state index contributed by atoms with van der Waals surface area (Å²) in [6, 6.07) is 9.90. The summed E-state index contributed by atoms with van der Waals surface area (Å²) in [6.07, 6.45) is 0. The fraction of sp³-hybridized carbons (Fsp3) is 0.381. The first-order valence-corrected chi connectivity index (χ1v) is 13.0. The highest BCUT2D eigenvalue weighted by Crippen LogP contribution is 2.31. The lowest BCUT2D eigenvalue weighted by Crippen LogP contribution is -2.50. The molecule has 1 heterocycles. The van der Waals surface area contributed by atoms with E-state index in [1.165, 1.54) is 65.3 Å². The van der Waals surface area contributed by atoms with Gasteiger partial charge in [-0.1, -0.05) is 6.07 Å². The van der Waals surface area contributed by atoms with E-state index in [4.69, 9.17) is 14.2 Å². The monoisotopic (exact) mass is 498 g/mol. The van der Waals surface area contributed by atoms with Crippen LogP contribution in [0.15, 0.2) is 52.3 Å². The smallest absolute Gasteiger partial charge is 0.338 e. The fourth-order valence-electron chi connectivity index (χ4n) is 3.42. The average Bonchev–Trinajstić information content (AvgIpc) is 2.83. The van der Waals surface area contributed by atoms with Crippen molar-refractivity contribution >= 4 is 26.0 Å². The van der Waals surface area contributed by atoms with Crippen LogP contribution in [0.2, 0.25) is 0 Å². The van der Waals surface area contributed by atoms with Crippen LogP contribution in [0.3, 0.4) is 0 Å². The molecule has 0 amide bonds. The summed E-state index contributed by atoms with van der Waals surface area (Å²) >= 11 is 0. The van der Waals surface area contributed by atoms with Gasteiger partial charge in [-0.25, -0.2) is 21.6 Å². The molecule has 2 aromatic rings. The van der Waals surface area contributed by atoms with E-state index in [-0.39, 0.29) is 53.9 Å². The normalized spacial score (nSPS) is 15.7. The highest BCUT2D eigenvalue weighted by molar-refractivity contribution is 7.89. The molecule has 33 heavy (non-hydrogen) atoms. The van der Waals surface area contributed by atoms with Crippen molar-refractivity contribution in [3.8, 4) is 11.5 Å². The van der Waals surface area contributed by atoms with Gasteiger partial charge in [0.2, 0.25) is 20.0 Å². The van der Waals surface area contributed by atoms with Crippen LogP contribution in [-0.4, -0.2) is 78.4 Å². The Morgan fingerprint density at radius 1 is 0.818 bits per heavy atom. The highest BCUT2D eigenvalue weighted by Gasteiger charge is 2.34. The van der Waals surface area contributed by atoms with Gasteiger partial charge >= 0.3 is 5.97 Å². The molecule has 1 aliphatic heterocycles. The number of methoxy groups -OCH3 is 2. The quantitative estimate of drug-likeness (QED) is 0.503. The van der Waals surface area contributed by atoms with Gasteiger partial charge in [0.25, 0.3) is 0 Å². The first kappa shape index (κ1) is 25.0. The minimum Gasteiger partial charge on any atom is -0.493 e. The number of nitrogens with zero attached hydrogens (tertiary/aromatic N) is 2. The summed E-state index contributed by atoms with van der Waals surface area (Å²) in [5.41, 5.74) is 0.132. The van der Waals surface area contributed by atoms with E-state index >= 15 is 0 Å². The third-order valence-electron chi connectivity index (χ3n) is 5.17. The standard InChI is InChI=1S/C21H26N2O8S2/c1-4-31-21(24)16-6-5-7-17(14-16)32(25,26)22-10-12-23(13-11-22)33(27,28)18-8-9-19(29-2)20(15-18)30-3/h5-9,14-15H,4,10-13H2,1-3H3. The first-order chi connectivity index (χ1) is 15.6. The minimum atomic E-state index is -3.92. The van der Waals surface area contributed by atoms with E-state index in [1.54, 1.807) is 6.92 Å². The Morgan fingerprint density at radius 3 is 1.88 bits per heavy atom. The van der Waals surface area contributed by atoms with Crippen molar-refractivity contribution in [3.63, 3.8) is 0 Å². The molecule has 0 spiro atoms. The Kier molecular flexibility index (Phi) is 7.62. The van der Waals surface area contributed by atoms with E-state index in [0.29, 0.717) is 5.75 Å². The summed E-state index contributed by atoms with van der Waals surface area (Å²) in [5.74, 6) is 0.0686. The molecule has 0 atom stereocenters. The molecule has 3 rings (SSSR count). The summed E-state index contributed by atoms with van der Waals surface area (Å²) in [6.45, 7) is 1.73. The molecule has 180 valence electrons. The Labute approximate surface area is 193 Å². The van der Waals surface area contributed by atoms with Gasteiger partial charge in [-0.3, -0.25) is 0 Å². The van der Waals surface area contributed by atoms with Crippen molar-refractivity contribution in [3.05, 3.63) is 48.0 Å². The topological polar surface area (TPSA) is 120 Å². The maximum Gasteiger partial charge on any atom is 0.338 e. The second-order valence-corrected chi connectivity index (χ2v) is 10.9. The number of carbonyl (C=O) groups is 1. The molecule has 1 saturated heterocycles. The van der Waals surface area contributed by atoms with Gasteiger partial charge in [-0.05, 0) is 37.3 Å². The number of hydrogen-bond donors (Lipinski definition) is 0. The van der Waals surface area contributed by atoms with Crippen molar-refractivity contribution in [1.29, 1.82) is 0 Å². The number of hydrogen-bond acceptors (Lipinski definition) is 8. The number of rotatable bonds is 8. The van der Waals surface area contributed by atoms with Crippen LogP contribution >= 0.6 is 0 Å². The Bertz CT molecular complexity index is 1220. The Balaban J connectivity index is 1.76. The number of piperazine rings is 1. The maximum absolute atomic E-state index is 13.1.